The van der Waals surface area contributed by atoms with Gasteiger partial charge in [0.25, 0.3) is 0 Å². The smallest absolute Gasteiger partial charge is 0.249 e. The highest BCUT2D eigenvalue weighted by atomic mass is 16.2. The zero-order chi connectivity index (χ0) is 28.3. The predicted molar refractivity (Wildman–Crippen MR) is 159 cm³/mol. The van der Waals surface area contributed by atoms with Crippen molar-refractivity contribution in [3.8, 4) is 0 Å². The second kappa shape index (κ2) is 26.5. The molecule has 6 N–H and O–H groups in total. The molecular formula is C30H59N5O3. The Hall–Kier alpha value is -2.12. The summed E-state index contributed by atoms with van der Waals surface area (Å²) in [5.41, 5.74) is 10.7. The number of unbranched alkanes of at least 4 members (excludes halogenated alkanes) is 16. The summed E-state index contributed by atoms with van der Waals surface area (Å²) in [5.74, 6) is -0.880. The normalized spacial score (nSPS) is 11.6. The van der Waals surface area contributed by atoms with Crippen molar-refractivity contribution >= 4 is 23.7 Å². The molecule has 0 saturated heterocycles. The van der Waals surface area contributed by atoms with Crippen LogP contribution in [0.2, 0.25) is 0 Å². The van der Waals surface area contributed by atoms with Crippen molar-refractivity contribution in [2.45, 2.75) is 161 Å². The van der Waals surface area contributed by atoms with Gasteiger partial charge >= 0.3 is 0 Å². The van der Waals surface area contributed by atoms with Gasteiger partial charge < -0.3 is 16.8 Å². The number of amides is 3. The SMILES string of the molecule is CCCCCCCCCCCC(=O)NC(=O)[C@H](CCCN=C(N)N)NC(=O)CCCCCCCCCCC. The third-order valence-corrected chi connectivity index (χ3v) is 6.87. The summed E-state index contributed by atoms with van der Waals surface area (Å²) >= 11 is 0. The fourth-order valence-electron chi connectivity index (χ4n) is 4.52. The number of rotatable bonds is 26. The molecule has 0 aliphatic carbocycles. The number of nitrogens with one attached hydrogen (secondary N) is 2. The Morgan fingerprint density at radius 2 is 1.03 bits per heavy atom. The molecule has 0 fully saturated rings. The zero-order valence-electron chi connectivity index (χ0n) is 24.7. The molecule has 8 nitrogen and oxygen atoms in total. The third-order valence-electron chi connectivity index (χ3n) is 6.87. The molecule has 0 aromatic carbocycles. The standard InChI is InChI=1S/C30H59N5O3/c1-3-5-7-9-11-13-15-17-19-23-27(36)34-26(22-21-25-33-30(31)32)29(38)35-28(37)24-20-18-16-14-12-10-8-6-4-2/h26H,3-25H2,1-2H3,(H,34,36)(H4,31,32,33)(H,35,37,38)/t26-/m0/s1. The fourth-order valence-corrected chi connectivity index (χ4v) is 4.52. The first kappa shape index (κ1) is 35.9. The first-order chi connectivity index (χ1) is 18.4. The number of hydrogen-bond acceptors (Lipinski definition) is 4. The Labute approximate surface area is 232 Å². The number of guanidine groups is 1. The molecule has 1 atom stereocenters. The van der Waals surface area contributed by atoms with Crippen LogP contribution < -0.4 is 22.1 Å². The molecule has 0 saturated carbocycles. The topological polar surface area (TPSA) is 140 Å². The largest absolute Gasteiger partial charge is 0.370 e. The minimum atomic E-state index is -0.762. The first-order valence-corrected chi connectivity index (χ1v) is 15.6. The van der Waals surface area contributed by atoms with E-state index >= 15 is 0 Å². The maximum Gasteiger partial charge on any atom is 0.249 e. The van der Waals surface area contributed by atoms with Gasteiger partial charge in [-0.2, -0.15) is 0 Å². The summed E-state index contributed by atoms with van der Waals surface area (Å²) in [6.07, 6.45) is 22.7. The van der Waals surface area contributed by atoms with E-state index in [0.717, 1.165) is 38.5 Å². The molecule has 38 heavy (non-hydrogen) atoms. The molecule has 222 valence electrons. The summed E-state index contributed by atoms with van der Waals surface area (Å²) in [6, 6.07) is -0.762. The van der Waals surface area contributed by atoms with Crippen LogP contribution in [-0.2, 0) is 14.4 Å². The summed E-state index contributed by atoms with van der Waals surface area (Å²) < 4.78 is 0. The zero-order valence-corrected chi connectivity index (χ0v) is 24.7. The van der Waals surface area contributed by atoms with Crippen LogP contribution in [0.3, 0.4) is 0 Å². The number of carbonyl (C=O) groups excluding carboxylic acids is 3. The molecule has 0 aliphatic rings. The molecule has 0 radical (unpaired) electrons. The van der Waals surface area contributed by atoms with E-state index in [-0.39, 0.29) is 17.8 Å². The van der Waals surface area contributed by atoms with E-state index in [0.29, 0.717) is 32.2 Å². The molecule has 0 rings (SSSR count). The number of nitrogens with zero attached hydrogens (tertiary/aromatic N) is 1. The van der Waals surface area contributed by atoms with Crippen LogP contribution in [0.5, 0.6) is 0 Å². The van der Waals surface area contributed by atoms with Crippen LogP contribution in [0.15, 0.2) is 4.99 Å². The lowest BCUT2D eigenvalue weighted by atomic mass is 10.1. The van der Waals surface area contributed by atoms with Gasteiger partial charge in [0.2, 0.25) is 17.7 Å². The van der Waals surface area contributed by atoms with Gasteiger partial charge in [-0.3, -0.25) is 24.7 Å². The Morgan fingerprint density at radius 3 is 1.47 bits per heavy atom. The van der Waals surface area contributed by atoms with Crippen molar-refractivity contribution < 1.29 is 14.4 Å². The highest BCUT2D eigenvalue weighted by Crippen LogP contribution is 2.12. The minimum absolute atomic E-state index is 0.00321. The van der Waals surface area contributed by atoms with E-state index in [9.17, 15) is 14.4 Å². The van der Waals surface area contributed by atoms with Crippen LogP contribution in [0.4, 0.5) is 0 Å². The van der Waals surface area contributed by atoms with Gasteiger partial charge in [-0.1, -0.05) is 117 Å². The van der Waals surface area contributed by atoms with Crippen molar-refractivity contribution in [1.82, 2.24) is 10.6 Å². The third kappa shape index (κ3) is 24.2. The molecule has 0 aromatic heterocycles. The van der Waals surface area contributed by atoms with E-state index in [4.69, 9.17) is 11.5 Å². The van der Waals surface area contributed by atoms with E-state index < -0.39 is 11.9 Å². The van der Waals surface area contributed by atoms with Gasteiger partial charge in [0.05, 0.1) is 0 Å². The average Bonchev–Trinajstić information content (AvgIpc) is 2.88. The maximum atomic E-state index is 12.8. The van der Waals surface area contributed by atoms with Crippen molar-refractivity contribution in [3.63, 3.8) is 0 Å². The van der Waals surface area contributed by atoms with Crippen molar-refractivity contribution in [2.24, 2.45) is 16.5 Å². The molecule has 8 heteroatoms. The first-order valence-electron chi connectivity index (χ1n) is 15.6. The average molecular weight is 538 g/mol. The molecule has 0 bridgehead atoms. The van der Waals surface area contributed by atoms with Crippen LogP contribution >= 0.6 is 0 Å². The lowest BCUT2D eigenvalue weighted by Crippen LogP contribution is -2.48. The molecular weight excluding hydrogens is 478 g/mol. The van der Waals surface area contributed by atoms with Crippen LogP contribution in [0.1, 0.15) is 155 Å². The maximum absolute atomic E-state index is 12.8. The van der Waals surface area contributed by atoms with Gasteiger partial charge in [0.1, 0.15) is 6.04 Å². The number of carbonyl (C=O) groups is 3. The minimum Gasteiger partial charge on any atom is -0.370 e. The Bertz CT molecular complexity index is 635. The van der Waals surface area contributed by atoms with Gasteiger partial charge in [0.15, 0.2) is 5.96 Å². The molecule has 0 aliphatic heterocycles. The molecule has 0 unspecified atom stereocenters. The Balaban J connectivity index is 4.31. The summed E-state index contributed by atoms with van der Waals surface area (Å²) in [4.78, 5) is 41.5. The number of hydrogen-bond donors (Lipinski definition) is 4. The monoisotopic (exact) mass is 537 g/mol. The predicted octanol–water partition coefficient (Wildman–Crippen LogP) is 6.01. The number of nitrogens with two attached hydrogens (primary N) is 2. The Morgan fingerprint density at radius 1 is 0.605 bits per heavy atom. The van der Waals surface area contributed by atoms with E-state index in [1.54, 1.807) is 0 Å². The van der Waals surface area contributed by atoms with Crippen LogP contribution in [-0.4, -0.2) is 36.3 Å². The summed E-state index contributed by atoms with van der Waals surface area (Å²) in [6.45, 7) is 4.81. The lowest BCUT2D eigenvalue weighted by Gasteiger charge is -2.18. The fraction of sp³-hybridized carbons (Fsp3) is 0.867. The summed E-state index contributed by atoms with van der Waals surface area (Å²) in [7, 11) is 0. The van der Waals surface area contributed by atoms with Crippen molar-refractivity contribution in [1.29, 1.82) is 0 Å². The molecule has 0 heterocycles. The second-order valence-electron chi connectivity index (χ2n) is 10.6. The highest BCUT2D eigenvalue weighted by molar-refractivity contribution is 5.99. The Kier molecular flexibility index (Phi) is 25.0. The molecule has 0 spiro atoms. The molecule has 3 amide bonds. The number of imide groups is 1. The van der Waals surface area contributed by atoms with E-state index in [2.05, 4.69) is 29.5 Å². The van der Waals surface area contributed by atoms with Crippen molar-refractivity contribution in [2.75, 3.05) is 6.54 Å². The lowest BCUT2D eigenvalue weighted by molar-refractivity contribution is -0.134. The second-order valence-corrected chi connectivity index (χ2v) is 10.6. The van der Waals surface area contributed by atoms with E-state index in [1.165, 1.54) is 77.0 Å². The number of aliphatic imine (C=N–C) groups is 1. The van der Waals surface area contributed by atoms with Crippen LogP contribution in [0, 0.1) is 0 Å². The molecule has 0 aromatic rings. The summed E-state index contributed by atoms with van der Waals surface area (Å²) in [5, 5.41) is 5.31. The quantitative estimate of drug-likeness (QED) is 0.0608. The van der Waals surface area contributed by atoms with E-state index in [1.807, 2.05) is 0 Å². The van der Waals surface area contributed by atoms with Crippen LogP contribution in [0.25, 0.3) is 0 Å². The van der Waals surface area contributed by atoms with Gasteiger partial charge in [-0.15, -0.1) is 0 Å². The van der Waals surface area contributed by atoms with Gasteiger partial charge in [0, 0.05) is 19.4 Å². The van der Waals surface area contributed by atoms with Gasteiger partial charge in [-0.25, -0.2) is 0 Å². The highest BCUT2D eigenvalue weighted by Gasteiger charge is 2.22. The van der Waals surface area contributed by atoms with Crippen molar-refractivity contribution in [3.05, 3.63) is 0 Å². The van der Waals surface area contributed by atoms with Gasteiger partial charge in [-0.05, 0) is 25.7 Å².